The standard InChI is InChI=1S/C17H11F3O/c18-17(19,20)12-8-9-13-11(10-12)4-3-6-14(13)15-5-1-2-7-16(15)21/h1-10,21H. The molecule has 0 saturated carbocycles. The molecule has 3 aromatic rings. The van der Waals surface area contributed by atoms with Gasteiger partial charge in [0.1, 0.15) is 5.75 Å². The lowest BCUT2D eigenvalue weighted by Crippen LogP contribution is -2.04. The third-order valence-electron chi connectivity index (χ3n) is 3.40. The van der Waals surface area contributed by atoms with Crippen LogP contribution in [0, 0.1) is 0 Å². The van der Waals surface area contributed by atoms with Crippen LogP contribution in [0.3, 0.4) is 0 Å². The zero-order valence-electron chi connectivity index (χ0n) is 10.9. The van der Waals surface area contributed by atoms with Crippen molar-refractivity contribution in [2.75, 3.05) is 0 Å². The Hall–Kier alpha value is -2.49. The van der Waals surface area contributed by atoms with Gasteiger partial charge in [0.2, 0.25) is 0 Å². The van der Waals surface area contributed by atoms with Crippen LogP contribution in [0.1, 0.15) is 5.56 Å². The number of phenolic OH excluding ortho intramolecular Hbond substituents is 1. The molecule has 0 aromatic heterocycles. The number of halogens is 3. The number of fused-ring (bicyclic) bond motifs is 1. The number of hydrogen-bond donors (Lipinski definition) is 1. The number of phenols is 1. The second-order valence-corrected chi connectivity index (χ2v) is 4.76. The summed E-state index contributed by atoms with van der Waals surface area (Å²) in [7, 11) is 0. The first-order chi connectivity index (χ1) is 9.97. The molecule has 106 valence electrons. The fourth-order valence-electron chi connectivity index (χ4n) is 2.40. The fraction of sp³-hybridized carbons (Fsp3) is 0.0588. The van der Waals surface area contributed by atoms with Gasteiger partial charge < -0.3 is 5.11 Å². The van der Waals surface area contributed by atoms with E-state index in [1.54, 1.807) is 42.5 Å². The molecule has 0 spiro atoms. The summed E-state index contributed by atoms with van der Waals surface area (Å²) >= 11 is 0. The zero-order valence-corrected chi connectivity index (χ0v) is 10.9. The summed E-state index contributed by atoms with van der Waals surface area (Å²) in [6.45, 7) is 0. The molecular weight excluding hydrogens is 277 g/mol. The van der Waals surface area contributed by atoms with Crippen molar-refractivity contribution >= 4 is 10.8 Å². The SMILES string of the molecule is Oc1ccccc1-c1cccc2cc(C(F)(F)F)ccc12. The lowest BCUT2D eigenvalue weighted by molar-refractivity contribution is -0.137. The summed E-state index contributed by atoms with van der Waals surface area (Å²) in [6, 6.07) is 15.5. The molecule has 0 amide bonds. The van der Waals surface area contributed by atoms with Crippen LogP contribution in [0.2, 0.25) is 0 Å². The van der Waals surface area contributed by atoms with Crippen molar-refractivity contribution in [1.82, 2.24) is 0 Å². The molecule has 21 heavy (non-hydrogen) atoms. The molecule has 0 bridgehead atoms. The van der Waals surface area contributed by atoms with E-state index in [2.05, 4.69) is 0 Å². The van der Waals surface area contributed by atoms with Gasteiger partial charge in [-0.2, -0.15) is 13.2 Å². The van der Waals surface area contributed by atoms with E-state index >= 15 is 0 Å². The fourth-order valence-corrected chi connectivity index (χ4v) is 2.40. The highest BCUT2D eigenvalue weighted by molar-refractivity contribution is 5.98. The molecule has 0 aliphatic rings. The third-order valence-corrected chi connectivity index (χ3v) is 3.40. The van der Waals surface area contributed by atoms with Crippen LogP contribution in [0.4, 0.5) is 13.2 Å². The van der Waals surface area contributed by atoms with Crippen molar-refractivity contribution in [1.29, 1.82) is 0 Å². The van der Waals surface area contributed by atoms with Gasteiger partial charge in [0.25, 0.3) is 0 Å². The first kappa shape index (κ1) is 13.5. The van der Waals surface area contributed by atoms with E-state index in [-0.39, 0.29) is 5.75 Å². The maximum absolute atomic E-state index is 12.8. The van der Waals surface area contributed by atoms with E-state index < -0.39 is 11.7 Å². The highest BCUT2D eigenvalue weighted by Gasteiger charge is 2.30. The van der Waals surface area contributed by atoms with Gasteiger partial charge >= 0.3 is 6.18 Å². The molecule has 1 N–H and O–H groups in total. The third kappa shape index (κ3) is 2.44. The molecular formula is C17H11F3O. The van der Waals surface area contributed by atoms with E-state index in [4.69, 9.17) is 0 Å². The van der Waals surface area contributed by atoms with Gasteiger partial charge in [-0.25, -0.2) is 0 Å². The average Bonchev–Trinajstić information content (AvgIpc) is 2.46. The largest absolute Gasteiger partial charge is 0.507 e. The smallest absolute Gasteiger partial charge is 0.416 e. The number of rotatable bonds is 1. The highest BCUT2D eigenvalue weighted by Crippen LogP contribution is 2.37. The number of benzene rings is 3. The Bertz CT molecular complexity index is 806. The van der Waals surface area contributed by atoms with Crippen LogP contribution in [0.15, 0.2) is 60.7 Å². The lowest BCUT2D eigenvalue weighted by Gasteiger charge is -2.11. The maximum Gasteiger partial charge on any atom is 0.416 e. The Morgan fingerprint density at radius 3 is 2.19 bits per heavy atom. The molecule has 3 aromatic carbocycles. The van der Waals surface area contributed by atoms with Gasteiger partial charge in [-0.15, -0.1) is 0 Å². The van der Waals surface area contributed by atoms with Gasteiger partial charge in [-0.05, 0) is 34.5 Å². The van der Waals surface area contributed by atoms with Crippen molar-refractivity contribution in [3.8, 4) is 16.9 Å². The maximum atomic E-state index is 12.8. The lowest BCUT2D eigenvalue weighted by atomic mass is 9.96. The molecule has 0 radical (unpaired) electrons. The van der Waals surface area contributed by atoms with Gasteiger partial charge in [0, 0.05) is 5.56 Å². The monoisotopic (exact) mass is 288 g/mol. The molecule has 0 aliphatic carbocycles. The topological polar surface area (TPSA) is 20.2 Å². The summed E-state index contributed by atoms with van der Waals surface area (Å²) in [5, 5.41) is 11.1. The minimum Gasteiger partial charge on any atom is -0.507 e. The van der Waals surface area contributed by atoms with Crippen LogP contribution in [-0.2, 0) is 6.18 Å². The van der Waals surface area contributed by atoms with E-state index in [9.17, 15) is 18.3 Å². The Morgan fingerprint density at radius 2 is 1.48 bits per heavy atom. The van der Waals surface area contributed by atoms with Crippen LogP contribution >= 0.6 is 0 Å². The minimum absolute atomic E-state index is 0.102. The van der Waals surface area contributed by atoms with Gasteiger partial charge in [-0.3, -0.25) is 0 Å². The van der Waals surface area contributed by atoms with Crippen LogP contribution in [0.5, 0.6) is 5.75 Å². The van der Waals surface area contributed by atoms with Crippen molar-refractivity contribution in [2.24, 2.45) is 0 Å². The van der Waals surface area contributed by atoms with Gasteiger partial charge in [0.15, 0.2) is 0 Å². The summed E-state index contributed by atoms with van der Waals surface area (Å²) < 4.78 is 38.3. The van der Waals surface area contributed by atoms with Crippen LogP contribution in [-0.4, -0.2) is 5.11 Å². The van der Waals surface area contributed by atoms with Crippen LogP contribution in [0.25, 0.3) is 21.9 Å². The molecule has 0 fully saturated rings. The van der Waals surface area contributed by atoms with E-state index in [0.717, 1.165) is 12.1 Å². The second kappa shape index (κ2) is 4.81. The van der Waals surface area contributed by atoms with Crippen molar-refractivity contribution in [2.45, 2.75) is 6.18 Å². The first-order valence-electron chi connectivity index (χ1n) is 6.35. The normalized spacial score (nSPS) is 11.8. The average molecular weight is 288 g/mol. The number of aromatic hydroxyl groups is 1. The number of hydrogen-bond acceptors (Lipinski definition) is 1. The molecule has 4 heteroatoms. The van der Waals surface area contributed by atoms with E-state index in [0.29, 0.717) is 21.9 Å². The number of alkyl halides is 3. The second-order valence-electron chi connectivity index (χ2n) is 4.76. The molecule has 0 heterocycles. The zero-order chi connectivity index (χ0) is 15.0. The first-order valence-corrected chi connectivity index (χ1v) is 6.35. The molecule has 0 saturated heterocycles. The molecule has 0 unspecified atom stereocenters. The summed E-state index contributed by atoms with van der Waals surface area (Å²) in [5.41, 5.74) is 0.631. The highest BCUT2D eigenvalue weighted by atomic mass is 19.4. The molecule has 1 nitrogen and oxygen atoms in total. The molecule has 3 rings (SSSR count). The summed E-state index contributed by atoms with van der Waals surface area (Å²) in [4.78, 5) is 0. The van der Waals surface area contributed by atoms with Crippen molar-refractivity contribution in [3.05, 3.63) is 66.2 Å². The Kier molecular flexibility index (Phi) is 3.09. The van der Waals surface area contributed by atoms with E-state index in [1.807, 2.05) is 0 Å². The van der Waals surface area contributed by atoms with Crippen molar-refractivity contribution in [3.63, 3.8) is 0 Å². The molecule has 0 aliphatic heterocycles. The van der Waals surface area contributed by atoms with Crippen LogP contribution < -0.4 is 0 Å². The Morgan fingerprint density at radius 1 is 0.762 bits per heavy atom. The Labute approximate surface area is 119 Å². The van der Waals surface area contributed by atoms with Gasteiger partial charge in [0.05, 0.1) is 5.56 Å². The predicted octanol–water partition coefficient (Wildman–Crippen LogP) is 5.23. The quantitative estimate of drug-likeness (QED) is 0.650. The predicted molar refractivity (Wildman–Crippen MR) is 76.1 cm³/mol. The van der Waals surface area contributed by atoms with Crippen molar-refractivity contribution < 1.29 is 18.3 Å². The molecule has 0 atom stereocenters. The number of para-hydroxylation sites is 1. The summed E-state index contributed by atoms with van der Waals surface area (Å²) in [5.74, 6) is 0.102. The minimum atomic E-state index is -4.36. The summed E-state index contributed by atoms with van der Waals surface area (Å²) in [6.07, 6.45) is -4.36. The van der Waals surface area contributed by atoms with Gasteiger partial charge in [-0.1, -0.05) is 42.5 Å². The Balaban J connectivity index is 2.25. The van der Waals surface area contributed by atoms with E-state index in [1.165, 1.54) is 6.07 Å².